The first-order valence-corrected chi connectivity index (χ1v) is 11.2. The fourth-order valence-corrected chi connectivity index (χ4v) is 5.67. The third-order valence-corrected chi connectivity index (χ3v) is 7.45. The van der Waals surface area contributed by atoms with Crippen molar-refractivity contribution >= 4 is 27.5 Å². The Kier molecular flexibility index (Phi) is 5.12. The number of piperidine rings is 1. The molecule has 2 aliphatic heterocycles. The zero-order chi connectivity index (χ0) is 20.6. The molecule has 1 saturated heterocycles. The van der Waals surface area contributed by atoms with Gasteiger partial charge >= 0.3 is 10.2 Å². The normalized spacial score (nSPS) is 19.7. The number of nitrogens with zero attached hydrogens (tertiary/aromatic N) is 3. The van der Waals surface area contributed by atoms with Gasteiger partial charge in [0.05, 0.1) is 17.4 Å². The van der Waals surface area contributed by atoms with E-state index in [1.165, 1.54) is 8.61 Å². The van der Waals surface area contributed by atoms with Crippen molar-refractivity contribution < 1.29 is 17.9 Å². The monoisotopic (exact) mass is 415 g/mol. The largest absolute Gasteiger partial charge is 0.481 e. The fourth-order valence-electron chi connectivity index (χ4n) is 4.01. The Balaban J connectivity index is 1.42. The maximum Gasteiger partial charge on any atom is 0.326 e. The summed E-state index contributed by atoms with van der Waals surface area (Å²) in [7, 11) is -2.00. The molecule has 8 heteroatoms. The van der Waals surface area contributed by atoms with Crippen LogP contribution in [0.4, 0.5) is 11.4 Å². The molecule has 2 aliphatic rings. The summed E-state index contributed by atoms with van der Waals surface area (Å²) in [5.41, 5.74) is 1.40. The zero-order valence-electron chi connectivity index (χ0n) is 16.6. The number of hydrogen-bond acceptors (Lipinski definition) is 4. The van der Waals surface area contributed by atoms with Gasteiger partial charge in [0, 0.05) is 20.1 Å². The Hall–Kier alpha value is -2.74. The van der Waals surface area contributed by atoms with Crippen molar-refractivity contribution in [1.29, 1.82) is 0 Å². The summed E-state index contributed by atoms with van der Waals surface area (Å²) in [4.78, 5) is 14.5. The van der Waals surface area contributed by atoms with Crippen LogP contribution in [0.1, 0.15) is 19.8 Å². The molecule has 0 N–H and O–H groups in total. The minimum Gasteiger partial charge on any atom is -0.481 e. The number of para-hydroxylation sites is 3. The highest BCUT2D eigenvalue weighted by Gasteiger charge is 2.43. The van der Waals surface area contributed by atoms with Crippen LogP contribution in [0.3, 0.4) is 0 Å². The van der Waals surface area contributed by atoms with Crippen LogP contribution in [0.25, 0.3) is 0 Å². The van der Waals surface area contributed by atoms with Gasteiger partial charge in [0.25, 0.3) is 5.91 Å². The highest BCUT2D eigenvalue weighted by atomic mass is 32.2. The second-order valence-corrected chi connectivity index (χ2v) is 9.23. The molecule has 7 nitrogen and oxygen atoms in total. The number of likely N-dealkylation sites (tertiary alicyclic amines) is 1. The summed E-state index contributed by atoms with van der Waals surface area (Å²) in [6.45, 7) is 2.76. The smallest absolute Gasteiger partial charge is 0.326 e. The van der Waals surface area contributed by atoms with E-state index in [0.29, 0.717) is 43.1 Å². The Bertz CT molecular complexity index is 988. The molecule has 2 aromatic carbocycles. The van der Waals surface area contributed by atoms with Crippen LogP contribution in [-0.4, -0.2) is 51.5 Å². The van der Waals surface area contributed by atoms with Crippen LogP contribution in [0.15, 0.2) is 54.6 Å². The maximum atomic E-state index is 12.9. The Morgan fingerprint density at radius 1 is 1.00 bits per heavy atom. The summed E-state index contributed by atoms with van der Waals surface area (Å²) in [6, 6.07) is 16.4. The van der Waals surface area contributed by atoms with E-state index < -0.39 is 16.3 Å². The molecule has 4 rings (SSSR count). The molecule has 0 bridgehead atoms. The van der Waals surface area contributed by atoms with Gasteiger partial charge in [-0.05, 0) is 44.0 Å². The molecule has 1 fully saturated rings. The van der Waals surface area contributed by atoms with E-state index in [1.807, 2.05) is 54.6 Å². The number of amides is 1. The Morgan fingerprint density at radius 3 is 2.24 bits per heavy atom. The standard InChI is InChI=1S/C21H25N3O4S/c1-16(28-18-8-4-3-5-9-18)21(25)23-14-12-17(13-15-23)24-20-11-7-6-10-19(20)22(2)29(24,26)27/h3-11,16-17H,12-15H2,1-2H3/t16-/m0/s1. The van der Waals surface area contributed by atoms with Crippen LogP contribution in [-0.2, 0) is 15.0 Å². The third kappa shape index (κ3) is 3.53. The van der Waals surface area contributed by atoms with Crippen molar-refractivity contribution in [2.45, 2.75) is 31.9 Å². The average Bonchev–Trinajstić information content (AvgIpc) is 2.94. The predicted molar refractivity (Wildman–Crippen MR) is 112 cm³/mol. The number of rotatable bonds is 4. The van der Waals surface area contributed by atoms with Crippen molar-refractivity contribution in [2.75, 3.05) is 28.7 Å². The van der Waals surface area contributed by atoms with Crippen molar-refractivity contribution in [1.82, 2.24) is 4.90 Å². The van der Waals surface area contributed by atoms with Crippen LogP contribution in [0, 0.1) is 0 Å². The van der Waals surface area contributed by atoms with E-state index in [-0.39, 0.29) is 11.9 Å². The molecular formula is C21H25N3O4S. The van der Waals surface area contributed by atoms with Crippen LogP contribution in [0.2, 0.25) is 0 Å². The predicted octanol–water partition coefficient (Wildman–Crippen LogP) is 2.65. The fraction of sp³-hybridized carbons (Fsp3) is 0.381. The minimum atomic E-state index is -3.58. The quantitative estimate of drug-likeness (QED) is 0.770. The lowest BCUT2D eigenvalue weighted by Crippen LogP contribution is -2.51. The summed E-state index contributed by atoms with van der Waals surface area (Å²) in [6.07, 6.45) is 0.590. The number of carbonyl (C=O) groups is 1. The summed E-state index contributed by atoms with van der Waals surface area (Å²) in [5, 5.41) is 0. The molecule has 0 aliphatic carbocycles. The Labute approximate surface area is 171 Å². The van der Waals surface area contributed by atoms with Gasteiger partial charge in [-0.2, -0.15) is 8.42 Å². The zero-order valence-corrected chi connectivity index (χ0v) is 17.4. The second-order valence-electron chi connectivity index (χ2n) is 7.39. The van der Waals surface area contributed by atoms with Gasteiger partial charge < -0.3 is 9.64 Å². The number of hydrogen-bond donors (Lipinski definition) is 0. The first-order valence-electron chi connectivity index (χ1n) is 9.77. The highest BCUT2D eigenvalue weighted by molar-refractivity contribution is 7.94. The molecule has 0 unspecified atom stereocenters. The van der Waals surface area contributed by atoms with E-state index in [2.05, 4.69) is 0 Å². The van der Waals surface area contributed by atoms with Gasteiger partial charge in [0.2, 0.25) is 0 Å². The van der Waals surface area contributed by atoms with Crippen LogP contribution in [0.5, 0.6) is 5.75 Å². The van der Waals surface area contributed by atoms with Gasteiger partial charge in [-0.3, -0.25) is 9.10 Å². The van der Waals surface area contributed by atoms with Gasteiger partial charge in [-0.15, -0.1) is 0 Å². The van der Waals surface area contributed by atoms with E-state index >= 15 is 0 Å². The maximum absolute atomic E-state index is 12.9. The number of carbonyl (C=O) groups excluding carboxylic acids is 1. The van der Waals surface area contributed by atoms with Gasteiger partial charge in [-0.1, -0.05) is 30.3 Å². The summed E-state index contributed by atoms with van der Waals surface area (Å²) >= 11 is 0. The average molecular weight is 416 g/mol. The van der Waals surface area contributed by atoms with Crippen LogP contribution >= 0.6 is 0 Å². The molecule has 1 atom stereocenters. The van der Waals surface area contributed by atoms with Crippen molar-refractivity contribution in [3.05, 3.63) is 54.6 Å². The first kappa shape index (κ1) is 19.6. The molecule has 154 valence electrons. The van der Waals surface area contributed by atoms with E-state index in [4.69, 9.17) is 4.74 Å². The lowest BCUT2D eigenvalue weighted by Gasteiger charge is -2.37. The molecule has 0 radical (unpaired) electrons. The lowest BCUT2D eigenvalue weighted by molar-refractivity contribution is -0.138. The summed E-state index contributed by atoms with van der Waals surface area (Å²) < 4.78 is 34.5. The molecule has 2 aromatic rings. The van der Waals surface area contributed by atoms with E-state index in [9.17, 15) is 13.2 Å². The van der Waals surface area contributed by atoms with Crippen LogP contribution < -0.4 is 13.3 Å². The second kappa shape index (κ2) is 7.59. The van der Waals surface area contributed by atoms with Crippen molar-refractivity contribution in [2.24, 2.45) is 0 Å². The molecular weight excluding hydrogens is 390 g/mol. The van der Waals surface area contributed by atoms with Crippen molar-refractivity contribution in [3.8, 4) is 5.75 Å². The first-order chi connectivity index (χ1) is 13.9. The van der Waals surface area contributed by atoms with E-state index in [1.54, 1.807) is 18.9 Å². The van der Waals surface area contributed by atoms with Gasteiger partial charge in [-0.25, -0.2) is 4.31 Å². The SMILES string of the molecule is C[C@H](Oc1ccccc1)C(=O)N1CCC(N2c3ccccc3N(C)S2(=O)=O)CC1. The number of anilines is 2. The lowest BCUT2D eigenvalue weighted by atomic mass is 10.0. The highest BCUT2D eigenvalue weighted by Crippen LogP contribution is 2.42. The molecule has 29 heavy (non-hydrogen) atoms. The molecule has 0 aromatic heterocycles. The number of fused-ring (bicyclic) bond motifs is 1. The van der Waals surface area contributed by atoms with Gasteiger partial charge in [0.15, 0.2) is 6.10 Å². The minimum absolute atomic E-state index is 0.0749. The molecule has 0 saturated carbocycles. The molecule has 2 heterocycles. The molecule has 0 spiro atoms. The third-order valence-electron chi connectivity index (χ3n) is 5.56. The van der Waals surface area contributed by atoms with E-state index in [0.717, 1.165) is 0 Å². The number of benzene rings is 2. The van der Waals surface area contributed by atoms with Crippen molar-refractivity contribution in [3.63, 3.8) is 0 Å². The Morgan fingerprint density at radius 2 is 1.59 bits per heavy atom. The topological polar surface area (TPSA) is 70.2 Å². The number of ether oxygens (including phenoxy) is 1. The summed E-state index contributed by atoms with van der Waals surface area (Å²) in [5.74, 6) is 0.583. The van der Waals surface area contributed by atoms with Gasteiger partial charge in [0.1, 0.15) is 5.75 Å². The molecule has 1 amide bonds.